The number of fused-ring (bicyclic) bond motifs is 1. The third kappa shape index (κ3) is 0.739. The first-order valence-electron chi connectivity index (χ1n) is 3.22. The Balaban J connectivity index is 2.93. The lowest BCUT2D eigenvalue weighted by Gasteiger charge is -1.93. The summed E-state index contributed by atoms with van der Waals surface area (Å²) >= 11 is 0. The van der Waals surface area contributed by atoms with Crippen LogP contribution in [-0.4, -0.2) is 15.0 Å². The minimum Gasteiger partial charge on any atom is -0.336 e. The maximum Gasteiger partial charge on any atom is 0.260 e. The van der Waals surface area contributed by atoms with E-state index in [0.29, 0.717) is 11.5 Å². The van der Waals surface area contributed by atoms with Crippen LogP contribution in [0.1, 0.15) is 0 Å². The summed E-state index contributed by atoms with van der Waals surface area (Å²) in [5.41, 5.74) is 7.15. The molecule has 0 amide bonds. The van der Waals surface area contributed by atoms with E-state index >= 15 is 0 Å². The molecule has 0 saturated carbocycles. The topological polar surface area (TPSA) is 71.5 Å². The summed E-state index contributed by atoms with van der Waals surface area (Å²) in [5, 5.41) is 0. The van der Waals surface area contributed by atoms with Crippen LogP contribution in [0.2, 0.25) is 0 Å². The van der Waals surface area contributed by atoms with Gasteiger partial charge in [0.15, 0.2) is 5.52 Å². The van der Waals surface area contributed by atoms with Gasteiger partial charge in [0.2, 0.25) is 12.1 Å². The van der Waals surface area contributed by atoms with Crippen molar-refractivity contribution in [2.45, 2.75) is 0 Å². The van der Waals surface area contributed by atoms with E-state index in [4.69, 9.17) is 5.73 Å². The van der Waals surface area contributed by atoms with Crippen LogP contribution in [0.15, 0.2) is 12.7 Å². The van der Waals surface area contributed by atoms with Crippen LogP contribution in [0.3, 0.4) is 0 Å². The standard InChI is InChI=1S/C6H7N5/c1-11-3-10-6-4(5(11)7)8-2-9-6/h2-3H,1H3,(H2,7,8,9)/p+1. The lowest BCUT2D eigenvalue weighted by Crippen LogP contribution is -2.32. The Morgan fingerprint density at radius 3 is 3.18 bits per heavy atom. The fourth-order valence-electron chi connectivity index (χ4n) is 0.953. The molecule has 2 aromatic rings. The second-order valence-corrected chi connectivity index (χ2v) is 2.34. The van der Waals surface area contributed by atoms with E-state index in [2.05, 4.69) is 15.0 Å². The lowest BCUT2D eigenvalue weighted by molar-refractivity contribution is -0.658. The number of aryl methyl sites for hydroxylation is 1. The van der Waals surface area contributed by atoms with Crippen LogP contribution in [0.4, 0.5) is 5.82 Å². The lowest BCUT2D eigenvalue weighted by atomic mass is 10.5. The van der Waals surface area contributed by atoms with Gasteiger partial charge in [0.25, 0.3) is 5.65 Å². The van der Waals surface area contributed by atoms with Crippen LogP contribution in [0.5, 0.6) is 0 Å². The molecule has 56 valence electrons. The largest absolute Gasteiger partial charge is 0.336 e. The Labute approximate surface area is 62.9 Å². The van der Waals surface area contributed by atoms with Gasteiger partial charge >= 0.3 is 0 Å². The normalized spacial score (nSPS) is 10.6. The molecule has 0 bridgehead atoms. The van der Waals surface area contributed by atoms with Crippen molar-refractivity contribution in [2.24, 2.45) is 7.05 Å². The first-order valence-corrected chi connectivity index (χ1v) is 3.22. The minimum atomic E-state index is 0.646. The van der Waals surface area contributed by atoms with Gasteiger partial charge in [0, 0.05) is 0 Å². The van der Waals surface area contributed by atoms with E-state index in [1.807, 2.05) is 7.05 Å². The number of rotatable bonds is 0. The monoisotopic (exact) mass is 150 g/mol. The molecule has 0 saturated heterocycles. The quantitative estimate of drug-likeness (QED) is 0.491. The van der Waals surface area contributed by atoms with Gasteiger partial charge in [-0.25, -0.2) is 9.55 Å². The molecule has 0 aliphatic carbocycles. The van der Waals surface area contributed by atoms with E-state index in [0.717, 1.165) is 5.52 Å². The van der Waals surface area contributed by atoms with Crippen LogP contribution in [-0.2, 0) is 7.05 Å². The summed E-state index contributed by atoms with van der Waals surface area (Å²) in [6.45, 7) is 0. The van der Waals surface area contributed by atoms with Crippen LogP contribution in [0, 0.1) is 0 Å². The van der Waals surface area contributed by atoms with Crippen molar-refractivity contribution in [1.82, 2.24) is 15.0 Å². The van der Waals surface area contributed by atoms with Crippen molar-refractivity contribution in [3.63, 3.8) is 0 Å². The summed E-state index contributed by atoms with van der Waals surface area (Å²) in [4.78, 5) is 10.9. The number of aromatic amines is 1. The number of imidazole rings is 1. The molecule has 2 heterocycles. The first-order chi connectivity index (χ1) is 5.29. The van der Waals surface area contributed by atoms with E-state index in [9.17, 15) is 0 Å². The number of hydrogen-bond donors (Lipinski definition) is 2. The van der Waals surface area contributed by atoms with Gasteiger partial charge < -0.3 is 10.7 Å². The number of nitrogens with two attached hydrogens (primary N) is 1. The molecule has 0 fully saturated rings. The van der Waals surface area contributed by atoms with Crippen molar-refractivity contribution in [3.05, 3.63) is 12.7 Å². The fourth-order valence-corrected chi connectivity index (χ4v) is 0.953. The second-order valence-electron chi connectivity index (χ2n) is 2.34. The molecule has 2 rings (SSSR count). The zero-order chi connectivity index (χ0) is 7.84. The highest BCUT2D eigenvalue weighted by Crippen LogP contribution is 2.07. The average Bonchev–Trinajstić information content (AvgIpc) is 2.45. The molecule has 2 aromatic heterocycles. The number of nitrogens with one attached hydrogen (secondary N) is 1. The molecule has 0 spiro atoms. The van der Waals surface area contributed by atoms with Gasteiger partial charge in [0.05, 0.1) is 13.4 Å². The summed E-state index contributed by atoms with van der Waals surface area (Å²) in [6, 6.07) is 0. The first kappa shape index (κ1) is 6.09. The van der Waals surface area contributed by atoms with Crippen molar-refractivity contribution in [1.29, 1.82) is 0 Å². The Morgan fingerprint density at radius 2 is 2.36 bits per heavy atom. The van der Waals surface area contributed by atoms with Crippen LogP contribution in [0.25, 0.3) is 11.2 Å². The van der Waals surface area contributed by atoms with Crippen molar-refractivity contribution < 1.29 is 4.57 Å². The Hall–Kier alpha value is -1.65. The average molecular weight is 150 g/mol. The molecular weight excluding hydrogens is 142 g/mol. The van der Waals surface area contributed by atoms with E-state index < -0.39 is 0 Å². The zero-order valence-electron chi connectivity index (χ0n) is 6.07. The third-order valence-electron chi connectivity index (χ3n) is 1.61. The number of aromatic nitrogens is 4. The van der Waals surface area contributed by atoms with E-state index in [1.165, 1.54) is 0 Å². The van der Waals surface area contributed by atoms with Crippen LogP contribution >= 0.6 is 0 Å². The fraction of sp³-hybridized carbons (Fsp3) is 0.167. The number of H-pyrrole nitrogens is 1. The molecule has 5 nitrogen and oxygen atoms in total. The Bertz CT molecular complexity index is 391. The van der Waals surface area contributed by atoms with Crippen molar-refractivity contribution >= 4 is 17.0 Å². The summed E-state index contributed by atoms with van der Waals surface area (Å²) in [5.74, 6) is 0.646. The predicted molar refractivity (Wildman–Crippen MR) is 39.5 cm³/mol. The molecule has 5 heteroatoms. The maximum atomic E-state index is 5.71. The Morgan fingerprint density at radius 1 is 1.55 bits per heavy atom. The van der Waals surface area contributed by atoms with Crippen molar-refractivity contribution in [3.8, 4) is 0 Å². The molecular formula is C6H8N5+. The molecule has 11 heavy (non-hydrogen) atoms. The molecule has 0 aromatic carbocycles. The van der Waals surface area contributed by atoms with Gasteiger partial charge in [-0.3, -0.25) is 0 Å². The maximum absolute atomic E-state index is 5.71. The number of anilines is 1. The SMILES string of the molecule is C[n+]1cnc2nc[nH]c2c1N. The molecule has 3 N–H and O–H groups in total. The second kappa shape index (κ2) is 1.91. The molecule has 0 aliphatic rings. The van der Waals surface area contributed by atoms with Gasteiger partial charge in [0.1, 0.15) is 0 Å². The minimum absolute atomic E-state index is 0.646. The highest BCUT2D eigenvalue weighted by molar-refractivity contribution is 5.78. The van der Waals surface area contributed by atoms with Crippen molar-refractivity contribution in [2.75, 3.05) is 5.73 Å². The predicted octanol–water partition coefficient (Wildman–Crippen LogP) is -0.635. The summed E-state index contributed by atoms with van der Waals surface area (Å²) < 4.78 is 1.74. The molecule has 0 radical (unpaired) electrons. The van der Waals surface area contributed by atoms with Crippen LogP contribution < -0.4 is 10.3 Å². The smallest absolute Gasteiger partial charge is 0.260 e. The number of hydrogen-bond acceptors (Lipinski definition) is 3. The molecule has 0 atom stereocenters. The summed E-state index contributed by atoms with van der Waals surface area (Å²) in [6.07, 6.45) is 3.21. The van der Waals surface area contributed by atoms with Gasteiger partial charge in [-0.05, 0) is 0 Å². The number of nitrogen functional groups attached to an aromatic ring is 1. The van der Waals surface area contributed by atoms with Gasteiger partial charge in [-0.1, -0.05) is 4.98 Å². The third-order valence-corrected chi connectivity index (χ3v) is 1.61. The zero-order valence-corrected chi connectivity index (χ0v) is 6.07. The summed E-state index contributed by atoms with van der Waals surface area (Å²) in [7, 11) is 1.84. The highest BCUT2D eigenvalue weighted by atomic mass is 15.1. The van der Waals surface area contributed by atoms with E-state index in [1.54, 1.807) is 17.2 Å². The highest BCUT2D eigenvalue weighted by Gasteiger charge is 2.08. The Kier molecular flexibility index (Phi) is 1.06. The number of nitrogens with zero attached hydrogens (tertiary/aromatic N) is 3. The molecule has 0 aliphatic heterocycles. The van der Waals surface area contributed by atoms with Gasteiger partial charge in [-0.15, -0.1) is 0 Å². The van der Waals surface area contributed by atoms with Gasteiger partial charge in [-0.2, -0.15) is 0 Å². The molecule has 0 unspecified atom stereocenters. The van der Waals surface area contributed by atoms with E-state index in [-0.39, 0.29) is 0 Å².